The number of amides is 1. The summed E-state index contributed by atoms with van der Waals surface area (Å²) in [6.45, 7) is 0. The molecule has 2 aromatic carbocycles. The topological polar surface area (TPSA) is 87.2 Å². The molecule has 9 heteroatoms. The fourth-order valence-electron chi connectivity index (χ4n) is 2.26. The first kappa shape index (κ1) is 17.3. The molecule has 26 heavy (non-hydrogen) atoms. The zero-order valence-corrected chi connectivity index (χ0v) is 13.0. The van der Waals surface area contributed by atoms with Crippen LogP contribution in [0.1, 0.15) is 21.6 Å². The summed E-state index contributed by atoms with van der Waals surface area (Å²) < 4.78 is 37.5. The van der Waals surface area contributed by atoms with Crippen molar-refractivity contribution >= 4 is 22.9 Å². The molecule has 0 aliphatic heterocycles. The van der Waals surface area contributed by atoms with E-state index in [-0.39, 0.29) is 5.69 Å². The molecule has 0 saturated carbocycles. The number of carbonyl (C=O) groups is 1. The van der Waals surface area contributed by atoms with Crippen molar-refractivity contribution < 1.29 is 18.0 Å². The van der Waals surface area contributed by atoms with Crippen molar-refractivity contribution in [3.63, 3.8) is 0 Å². The molecule has 1 amide bonds. The van der Waals surface area contributed by atoms with Crippen molar-refractivity contribution in [3.8, 4) is 0 Å². The Balaban J connectivity index is 1.76. The number of aromatic nitrogens is 2. The Bertz CT molecular complexity index is 1040. The summed E-state index contributed by atoms with van der Waals surface area (Å²) in [6.07, 6.45) is -3.22. The van der Waals surface area contributed by atoms with Crippen molar-refractivity contribution in [1.82, 2.24) is 15.6 Å². The fourth-order valence-corrected chi connectivity index (χ4v) is 2.26. The van der Waals surface area contributed by atoms with Crippen LogP contribution >= 0.6 is 0 Å². The number of hydrogen-bond donors (Lipinski definition) is 2. The molecule has 0 saturated heterocycles. The van der Waals surface area contributed by atoms with Crippen LogP contribution in [0, 0.1) is 0 Å². The van der Waals surface area contributed by atoms with Crippen molar-refractivity contribution in [1.29, 1.82) is 0 Å². The summed E-state index contributed by atoms with van der Waals surface area (Å²) in [4.78, 5) is 23.9. The van der Waals surface area contributed by atoms with Gasteiger partial charge >= 0.3 is 6.18 Å². The molecular formula is C17H11F3N4O2. The molecule has 0 aliphatic rings. The van der Waals surface area contributed by atoms with Crippen molar-refractivity contribution in [2.45, 2.75) is 6.18 Å². The highest BCUT2D eigenvalue weighted by Gasteiger charge is 2.29. The third kappa shape index (κ3) is 3.61. The standard InChI is InChI=1S/C17H11F3N4O2/c18-17(19,20)11-7-5-10(6-8-11)9-21-23-16(26)14-12-3-1-2-4-13(12)15(25)24-22-14/h1-9H,(H,23,26)(H,24,25)/b21-9-. The molecule has 0 fully saturated rings. The van der Waals surface area contributed by atoms with Crippen molar-refractivity contribution in [2.75, 3.05) is 0 Å². The van der Waals surface area contributed by atoms with Gasteiger partial charge in [-0.25, -0.2) is 10.5 Å². The first-order valence-corrected chi connectivity index (χ1v) is 7.34. The van der Waals surface area contributed by atoms with Gasteiger partial charge in [-0.3, -0.25) is 9.59 Å². The molecule has 1 aromatic heterocycles. The zero-order valence-electron chi connectivity index (χ0n) is 13.0. The van der Waals surface area contributed by atoms with Crippen LogP contribution in [0.4, 0.5) is 13.2 Å². The van der Waals surface area contributed by atoms with Crippen LogP contribution < -0.4 is 11.0 Å². The highest BCUT2D eigenvalue weighted by Crippen LogP contribution is 2.28. The highest BCUT2D eigenvalue weighted by atomic mass is 19.4. The van der Waals surface area contributed by atoms with E-state index in [1.54, 1.807) is 24.3 Å². The molecule has 0 bridgehead atoms. The Labute approximate surface area is 144 Å². The normalized spacial score (nSPS) is 11.8. The number of nitrogens with one attached hydrogen (secondary N) is 2. The molecule has 0 atom stereocenters. The van der Waals surface area contributed by atoms with Gasteiger partial charge in [0.25, 0.3) is 11.5 Å². The Morgan fingerprint density at radius 1 is 1.08 bits per heavy atom. The smallest absolute Gasteiger partial charge is 0.267 e. The number of rotatable bonds is 3. The minimum Gasteiger partial charge on any atom is -0.267 e. The Kier molecular flexibility index (Phi) is 4.53. The lowest BCUT2D eigenvalue weighted by Gasteiger charge is -2.06. The maximum atomic E-state index is 12.5. The number of aromatic amines is 1. The summed E-state index contributed by atoms with van der Waals surface area (Å²) >= 11 is 0. The predicted octanol–water partition coefficient (Wildman–Crippen LogP) is 2.71. The third-order valence-electron chi connectivity index (χ3n) is 3.53. The number of fused-ring (bicyclic) bond motifs is 1. The lowest BCUT2D eigenvalue weighted by atomic mass is 10.1. The minimum atomic E-state index is -4.42. The van der Waals surface area contributed by atoms with E-state index in [4.69, 9.17) is 0 Å². The van der Waals surface area contributed by atoms with Gasteiger partial charge in [0.2, 0.25) is 0 Å². The Morgan fingerprint density at radius 2 is 1.73 bits per heavy atom. The van der Waals surface area contributed by atoms with E-state index in [0.717, 1.165) is 12.1 Å². The van der Waals surface area contributed by atoms with Gasteiger partial charge in [0.1, 0.15) is 0 Å². The maximum absolute atomic E-state index is 12.5. The van der Waals surface area contributed by atoms with Crippen molar-refractivity contribution in [2.24, 2.45) is 5.10 Å². The lowest BCUT2D eigenvalue weighted by Crippen LogP contribution is -2.22. The summed E-state index contributed by atoms with van der Waals surface area (Å²) in [5, 5.41) is 10.3. The Hall–Kier alpha value is -3.49. The van der Waals surface area contributed by atoms with Gasteiger partial charge in [-0.2, -0.15) is 23.4 Å². The van der Waals surface area contributed by atoms with Gasteiger partial charge in [-0.05, 0) is 23.8 Å². The van der Waals surface area contributed by atoms with Crippen LogP contribution in [0.25, 0.3) is 10.8 Å². The van der Waals surface area contributed by atoms with Crippen LogP contribution in [0.5, 0.6) is 0 Å². The maximum Gasteiger partial charge on any atom is 0.416 e. The quantitative estimate of drug-likeness (QED) is 0.556. The number of nitrogens with zero attached hydrogens (tertiary/aromatic N) is 2. The number of hydrazone groups is 1. The van der Waals surface area contributed by atoms with E-state index in [1.807, 2.05) is 0 Å². The van der Waals surface area contributed by atoms with E-state index in [9.17, 15) is 22.8 Å². The molecule has 0 aliphatic carbocycles. The first-order valence-electron chi connectivity index (χ1n) is 7.34. The van der Waals surface area contributed by atoms with Gasteiger partial charge in [0.15, 0.2) is 5.69 Å². The second-order valence-corrected chi connectivity index (χ2v) is 5.27. The first-order chi connectivity index (χ1) is 12.4. The predicted molar refractivity (Wildman–Crippen MR) is 88.9 cm³/mol. The van der Waals surface area contributed by atoms with Gasteiger partial charge in [0, 0.05) is 5.39 Å². The number of carbonyl (C=O) groups excluding carboxylic acids is 1. The average Bonchev–Trinajstić information content (AvgIpc) is 2.62. The molecule has 132 valence electrons. The summed E-state index contributed by atoms with van der Waals surface area (Å²) in [5.41, 5.74) is 1.38. The molecular weight excluding hydrogens is 349 g/mol. The molecule has 0 unspecified atom stereocenters. The second-order valence-electron chi connectivity index (χ2n) is 5.27. The number of benzene rings is 2. The average molecular weight is 360 g/mol. The number of H-pyrrole nitrogens is 1. The van der Waals surface area contributed by atoms with Crippen LogP contribution in [0.2, 0.25) is 0 Å². The zero-order chi connectivity index (χ0) is 18.7. The van der Waals surface area contributed by atoms with E-state index < -0.39 is 23.2 Å². The molecule has 0 spiro atoms. The minimum absolute atomic E-state index is 0.0234. The fraction of sp³-hybridized carbons (Fsp3) is 0.0588. The van der Waals surface area contributed by atoms with Gasteiger partial charge in [0.05, 0.1) is 17.2 Å². The van der Waals surface area contributed by atoms with E-state index in [1.165, 1.54) is 18.3 Å². The molecule has 3 aromatic rings. The molecule has 6 nitrogen and oxygen atoms in total. The van der Waals surface area contributed by atoms with E-state index >= 15 is 0 Å². The largest absolute Gasteiger partial charge is 0.416 e. The number of hydrogen-bond acceptors (Lipinski definition) is 4. The molecule has 2 N–H and O–H groups in total. The summed E-state index contributed by atoms with van der Waals surface area (Å²) in [5.74, 6) is -0.666. The summed E-state index contributed by atoms with van der Waals surface area (Å²) in [7, 11) is 0. The van der Waals surface area contributed by atoms with E-state index in [0.29, 0.717) is 16.3 Å². The highest BCUT2D eigenvalue weighted by molar-refractivity contribution is 6.04. The summed E-state index contributed by atoms with van der Waals surface area (Å²) in [6, 6.07) is 10.7. The molecule has 0 radical (unpaired) electrons. The van der Waals surface area contributed by atoms with E-state index in [2.05, 4.69) is 20.7 Å². The van der Waals surface area contributed by atoms with Crippen LogP contribution in [-0.2, 0) is 6.18 Å². The van der Waals surface area contributed by atoms with Crippen molar-refractivity contribution in [3.05, 3.63) is 75.7 Å². The number of alkyl halides is 3. The third-order valence-corrected chi connectivity index (χ3v) is 3.53. The second kappa shape index (κ2) is 6.79. The lowest BCUT2D eigenvalue weighted by molar-refractivity contribution is -0.137. The number of halogens is 3. The monoisotopic (exact) mass is 360 g/mol. The van der Waals surface area contributed by atoms with Crippen LogP contribution in [-0.4, -0.2) is 22.3 Å². The molecule has 1 heterocycles. The molecule has 3 rings (SSSR count). The SMILES string of the molecule is O=C(N/N=C\c1ccc(C(F)(F)F)cc1)c1n[nH]c(=O)c2ccccc12. The van der Waals surface area contributed by atoms with Crippen LogP contribution in [0.3, 0.4) is 0 Å². The van der Waals surface area contributed by atoms with Gasteiger partial charge in [-0.1, -0.05) is 30.3 Å². The van der Waals surface area contributed by atoms with Gasteiger partial charge in [-0.15, -0.1) is 0 Å². The van der Waals surface area contributed by atoms with Gasteiger partial charge < -0.3 is 0 Å². The Morgan fingerprint density at radius 3 is 2.38 bits per heavy atom. The van der Waals surface area contributed by atoms with Crippen LogP contribution in [0.15, 0.2) is 58.4 Å².